The molecule has 2 rings (SSSR count). The number of nitrogens with one attached hydrogen (secondary N) is 1. The molecule has 4 heteroatoms. The number of carbonyl (C=O) groups excluding carboxylic acids is 1. The second kappa shape index (κ2) is 9.06. The summed E-state index contributed by atoms with van der Waals surface area (Å²) in [7, 11) is 1.87. The Morgan fingerprint density at radius 1 is 1.17 bits per heavy atom. The van der Waals surface area contributed by atoms with Crippen molar-refractivity contribution in [2.45, 2.75) is 25.8 Å². The Morgan fingerprint density at radius 3 is 2.57 bits per heavy atom. The lowest BCUT2D eigenvalue weighted by atomic mass is 10.1. The van der Waals surface area contributed by atoms with Crippen molar-refractivity contribution in [1.29, 1.82) is 0 Å². The van der Waals surface area contributed by atoms with Crippen molar-refractivity contribution in [3.8, 4) is 0 Å². The van der Waals surface area contributed by atoms with Gasteiger partial charge >= 0.3 is 0 Å². The van der Waals surface area contributed by atoms with E-state index < -0.39 is 0 Å². The van der Waals surface area contributed by atoms with E-state index in [1.165, 1.54) is 11.1 Å². The van der Waals surface area contributed by atoms with Crippen molar-refractivity contribution in [1.82, 2.24) is 15.2 Å². The number of likely N-dealkylation sites (N-methyl/N-ethyl adjacent to an activating group) is 1. The second-order valence-electron chi connectivity index (χ2n) is 5.76. The van der Waals surface area contributed by atoms with Gasteiger partial charge in [-0.1, -0.05) is 30.3 Å². The lowest BCUT2D eigenvalue weighted by Crippen LogP contribution is -2.32. The van der Waals surface area contributed by atoms with Crippen LogP contribution in [0.1, 0.15) is 30.5 Å². The number of rotatable bonds is 8. The normalized spacial score (nSPS) is 11.9. The largest absolute Gasteiger partial charge is 0.345 e. The van der Waals surface area contributed by atoms with E-state index in [1.807, 2.05) is 37.4 Å². The molecular weight excluding hydrogens is 286 g/mol. The van der Waals surface area contributed by atoms with Crippen LogP contribution in [-0.4, -0.2) is 35.9 Å². The summed E-state index contributed by atoms with van der Waals surface area (Å²) < 4.78 is 0. The number of amides is 1. The van der Waals surface area contributed by atoms with Crippen LogP contribution < -0.4 is 5.32 Å². The maximum absolute atomic E-state index is 12.2. The van der Waals surface area contributed by atoms with Gasteiger partial charge in [0.2, 0.25) is 5.91 Å². The van der Waals surface area contributed by atoms with Gasteiger partial charge in [-0.3, -0.25) is 9.78 Å². The SMILES string of the molecule is CC(NCCC(=O)N(C)CCc1ccncc1)c1ccccc1. The van der Waals surface area contributed by atoms with Crippen molar-refractivity contribution >= 4 is 5.91 Å². The van der Waals surface area contributed by atoms with Crippen molar-refractivity contribution in [3.05, 3.63) is 66.0 Å². The van der Waals surface area contributed by atoms with Crippen molar-refractivity contribution in [2.24, 2.45) is 0 Å². The van der Waals surface area contributed by atoms with Crippen LogP contribution in [0.5, 0.6) is 0 Å². The number of hydrogen-bond acceptors (Lipinski definition) is 3. The number of aromatic nitrogens is 1. The summed E-state index contributed by atoms with van der Waals surface area (Å²) in [6, 6.07) is 14.5. The average molecular weight is 311 g/mol. The predicted molar refractivity (Wildman–Crippen MR) is 93.1 cm³/mol. The van der Waals surface area contributed by atoms with Crippen molar-refractivity contribution in [3.63, 3.8) is 0 Å². The number of benzene rings is 1. The molecule has 0 fully saturated rings. The Bertz CT molecular complexity index is 586. The van der Waals surface area contributed by atoms with Gasteiger partial charge in [-0.25, -0.2) is 0 Å². The molecule has 0 aliphatic heterocycles. The molecule has 2 aromatic rings. The zero-order chi connectivity index (χ0) is 16.5. The van der Waals surface area contributed by atoms with Crippen molar-refractivity contribution < 1.29 is 4.79 Å². The lowest BCUT2D eigenvalue weighted by molar-refractivity contribution is -0.129. The topological polar surface area (TPSA) is 45.2 Å². The van der Waals surface area contributed by atoms with Crippen LogP contribution in [-0.2, 0) is 11.2 Å². The molecule has 0 radical (unpaired) electrons. The third-order valence-electron chi connectivity index (χ3n) is 4.00. The first-order valence-electron chi connectivity index (χ1n) is 8.08. The molecule has 0 saturated carbocycles. The molecule has 0 spiro atoms. The summed E-state index contributed by atoms with van der Waals surface area (Å²) in [5, 5.41) is 3.40. The summed E-state index contributed by atoms with van der Waals surface area (Å²) in [6.07, 6.45) is 4.95. The van der Waals surface area contributed by atoms with E-state index >= 15 is 0 Å². The van der Waals surface area contributed by atoms with Gasteiger partial charge in [0.25, 0.3) is 0 Å². The number of hydrogen-bond donors (Lipinski definition) is 1. The van der Waals surface area contributed by atoms with Gasteiger partial charge in [-0.2, -0.15) is 0 Å². The fourth-order valence-corrected chi connectivity index (χ4v) is 2.42. The van der Waals surface area contributed by atoms with E-state index in [-0.39, 0.29) is 11.9 Å². The Hall–Kier alpha value is -2.20. The smallest absolute Gasteiger partial charge is 0.223 e. The van der Waals surface area contributed by atoms with E-state index in [0.717, 1.165) is 13.0 Å². The maximum Gasteiger partial charge on any atom is 0.223 e. The summed E-state index contributed by atoms with van der Waals surface area (Å²) in [4.78, 5) is 18.0. The first kappa shape index (κ1) is 17.2. The summed E-state index contributed by atoms with van der Waals surface area (Å²) >= 11 is 0. The van der Waals surface area contributed by atoms with Crippen LogP contribution in [0.25, 0.3) is 0 Å². The summed E-state index contributed by atoms with van der Waals surface area (Å²) in [6.45, 7) is 3.54. The van der Waals surface area contributed by atoms with E-state index in [0.29, 0.717) is 13.0 Å². The first-order valence-corrected chi connectivity index (χ1v) is 8.08. The van der Waals surface area contributed by atoms with Crippen LogP contribution >= 0.6 is 0 Å². The predicted octanol–water partition coefficient (Wildman–Crippen LogP) is 2.82. The van der Waals surface area contributed by atoms with Crippen LogP contribution in [0, 0.1) is 0 Å². The molecular formula is C19H25N3O. The van der Waals surface area contributed by atoms with Gasteiger partial charge < -0.3 is 10.2 Å². The highest BCUT2D eigenvalue weighted by Crippen LogP contribution is 2.10. The average Bonchev–Trinajstić information content (AvgIpc) is 2.61. The summed E-state index contributed by atoms with van der Waals surface area (Å²) in [5.41, 5.74) is 2.45. The standard InChI is InChI=1S/C19H25N3O/c1-16(18-6-4-3-5-7-18)21-14-10-19(23)22(2)15-11-17-8-12-20-13-9-17/h3-9,12-13,16,21H,10-11,14-15H2,1-2H3. The summed E-state index contributed by atoms with van der Waals surface area (Å²) in [5.74, 6) is 0.173. The molecule has 1 N–H and O–H groups in total. The van der Waals surface area contributed by atoms with Crippen LogP contribution in [0.15, 0.2) is 54.9 Å². The van der Waals surface area contributed by atoms with E-state index in [1.54, 1.807) is 17.3 Å². The molecule has 122 valence electrons. The molecule has 4 nitrogen and oxygen atoms in total. The fourth-order valence-electron chi connectivity index (χ4n) is 2.42. The molecule has 0 aliphatic rings. The molecule has 1 aromatic heterocycles. The van der Waals surface area contributed by atoms with Gasteiger partial charge in [0, 0.05) is 45.0 Å². The van der Waals surface area contributed by atoms with Gasteiger partial charge in [0.05, 0.1) is 0 Å². The van der Waals surface area contributed by atoms with Crippen molar-refractivity contribution in [2.75, 3.05) is 20.1 Å². The van der Waals surface area contributed by atoms with E-state index in [4.69, 9.17) is 0 Å². The van der Waals surface area contributed by atoms with Gasteiger partial charge in [0.1, 0.15) is 0 Å². The number of pyridine rings is 1. The molecule has 0 saturated heterocycles. The molecule has 0 bridgehead atoms. The van der Waals surface area contributed by atoms with Gasteiger partial charge in [-0.05, 0) is 36.6 Å². The van der Waals surface area contributed by atoms with E-state index in [2.05, 4.69) is 29.4 Å². The monoisotopic (exact) mass is 311 g/mol. The molecule has 23 heavy (non-hydrogen) atoms. The maximum atomic E-state index is 12.2. The second-order valence-corrected chi connectivity index (χ2v) is 5.76. The Balaban J connectivity index is 1.68. The highest BCUT2D eigenvalue weighted by atomic mass is 16.2. The zero-order valence-electron chi connectivity index (χ0n) is 13.9. The zero-order valence-corrected chi connectivity index (χ0v) is 13.9. The van der Waals surface area contributed by atoms with Crippen LogP contribution in [0.2, 0.25) is 0 Å². The minimum absolute atomic E-state index is 0.173. The Labute approximate surface area is 138 Å². The molecule has 1 atom stereocenters. The molecule has 1 unspecified atom stereocenters. The Kier molecular flexibility index (Phi) is 6.76. The number of carbonyl (C=O) groups is 1. The third kappa shape index (κ3) is 5.83. The minimum atomic E-state index is 0.173. The molecule has 1 heterocycles. The van der Waals surface area contributed by atoms with Crippen LogP contribution in [0.4, 0.5) is 0 Å². The lowest BCUT2D eigenvalue weighted by Gasteiger charge is -2.19. The molecule has 0 aliphatic carbocycles. The third-order valence-corrected chi connectivity index (χ3v) is 4.00. The minimum Gasteiger partial charge on any atom is -0.345 e. The Morgan fingerprint density at radius 2 is 1.87 bits per heavy atom. The fraction of sp³-hybridized carbons (Fsp3) is 0.368. The highest BCUT2D eigenvalue weighted by molar-refractivity contribution is 5.76. The quantitative estimate of drug-likeness (QED) is 0.815. The highest BCUT2D eigenvalue weighted by Gasteiger charge is 2.10. The van der Waals surface area contributed by atoms with Gasteiger partial charge in [-0.15, -0.1) is 0 Å². The molecule has 1 amide bonds. The van der Waals surface area contributed by atoms with Gasteiger partial charge in [0.15, 0.2) is 0 Å². The van der Waals surface area contributed by atoms with E-state index in [9.17, 15) is 4.79 Å². The number of nitrogens with zero attached hydrogens (tertiary/aromatic N) is 2. The first-order chi connectivity index (χ1) is 11.2. The van der Waals surface area contributed by atoms with Crippen LogP contribution in [0.3, 0.4) is 0 Å². The molecule has 1 aromatic carbocycles.